The van der Waals surface area contributed by atoms with Crippen LogP contribution in [0.3, 0.4) is 0 Å². The second-order valence-electron chi connectivity index (χ2n) is 23.1. The van der Waals surface area contributed by atoms with E-state index >= 15 is 0 Å². The molecule has 0 spiro atoms. The van der Waals surface area contributed by atoms with E-state index in [1.165, 1.54) is 105 Å². The first kappa shape index (κ1) is 93.7. The molecule has 6 nitrogen and oxygen atoms in total. The van der Waals surface area contributed by atoms with Crippen molar-refractivity contribution in [2.45, 2.75) is 237 Å². The second kappa shape index (κ2) is 57.2. The monoisotopic (exact) mass is 1610 g/mol. The quantitative estimate of drug-likeness (QED) is 0.0147. The van der Waals surface area contributed by atoms with Crippen LogP contribution in [0.2, 0.25) is 0 Å². The third-order valence-electron chi connectivity index (χ3n) is 15.2. The van der Waals surface area contributed by atoms with E-state index in [0.29, 0.717) is 25.9 Å². The van der Waals surface area contributed by atoms with Crippen LogP contribution in [0.4, 0.5) is 34.1 Å². The summed E-state index contributed by atoms with van der Waals surface area (Å²) in [5.41, 5.74) is 23.3. The molecule has 0 aliphatic rings. The number of nitrogens with one attached hydrogen (secondary N) is 6. The van der Waals surface area contributed by atoms with Crippen molar-refractivity contribution in [1.29, 1.82) is 0 Å². The summed E-state index contributed by atoms with van der Waals surface area (Å²) < 4.78 is 2.53. The number of thiocarbonyl (C=S) groups is 6. The second-order valence-corrected chi connectivity index (χ2v) is 29.6. The largest absolute Gasteiger partial charge is 6.00 e. The van der Waals surface area contributed by atoms with E-state index in [2.05, 4.69) is 224 Å². The Balaban J connectivity index is 0.00000114. The molecular weight excluding hydrogens is 1500 g/mol. The Morgan fingerprint density at radius 1 is 0.216 bits per heavy atom. The van der Waals surface area contributed by atoms with Crippen LogP contribution in [0.15, 0.2) is 109 Å². The maximum Gasteiger partial charge on any atom is 6.00 e. The zero-order valence-electron chi connectivity index (χ0n) is 59.7. The van der Waals surface area contributed by atoms with Crippen LogP contribution < -0.4 is 31.9 Å². The molecule has 6 rings (SSSR count). The average Bonchev–Trinajstić information content (AvgIpc) is 1.03. The minimum absolute atomic E-state index is 0. The molecular formula is C78H108MoN6S12. The molecule has 6 aromatic rings. The molecule has 97 heavy (non-hydrogen) atoms. The van der Waals surface area contributed by atoms with Gasteiger partial charge in [0.1, 0.15) is 0 Å². The first-order valence-corrected chi connectivity index (χ1v) is 39.5. The van der Waals surface area contributed by atoms with Crippen molar-refractivity contribution in [3.63, 3.8) is 0 Å². The van der Waals surface area contributed by atoms with Crippen molar-refractivity contribution in [2.75, 3.05) is 31.9 Å². The van der Waals surface area contributed by atoms with Gasteiger partial charge in [0.25, 0.3) is 0 Å². The SMILES string of the molecule is CCCc1cccc(NC(=S)[S-])c1CCC.CCCc1cccc(NC(=S)[S-])c1CCC.CCCc1cccc(NC(=S)[S-])c1CCC.CCCc1cccc(NC(=S)[S-])c1CCC.CCCc1cccc(NC(=S)[S-])c1CCC.CCCc1cccc(NC(=S)[S-])c1CCC.[Mo+6]. The predicted molar refractivity (Wildman–Crippen MR) is 468 cm³/mol. The average molecular weight is 1610 g/mol. The number of rotatable bonds is 30. The van der Waals surface area contributed by atoms with Gasteiger partial charge in [0.2, 0.25) is 0 Å². The number of benzene rings is 6. The number of aryl methyl sites for hydroxylation is 6. The van der Waals surface area contributed by atoms with E-state index in [4.69, 9.17) is 149 Å². The molecule has 0 bridgehead atoms. The van der Waals surface area contributed by atoms with Gasteiger partial charge in [-0.15, -0.1) is 0 Å². The summed E-state index contributed by atoms with van der Waals surface area (Å²) in [5, 5.41) is 18.6. The third kappa shape index (κ3) is 38.5. The minimum Gasteiger partial charge on any atom is -0.411 e. The number of hydrogen-bond acceptors (Lipinski definition) is 12. The summed E-state index contributed by atoms with van der Waals surface area (Å²) >= 11 is 59.2. The van der Waals surface area contributed by atoms with Crippen LogP contribution in [0.5, 0.6) is 0 Å². The van der Waals surface area contributed by atoms with Crippen LogP contribution in [-0.4, -0.2) is 25.9 Å². The van der Waals surface area contributed by atoms with Crippen molar-refractivity contribution in [3.8, 4) is 0 Å². The molecule has 0 aliphatic carbocycles. The summed E-state index contributed by atoms with van der Waals surface area (Å²) in [6.07, 6.45) is 27.0. The maximum absolute atomic E-state index is 4.93. The first-order chi connectivity index (χ1) is 46.1. The molecule has 0 atom stereocenters. The fraction of sp³-hybridized carbons (Fsp3) is 0.462. The van der Waals surface area contributed by atoms with E-state index in [1.807, 2.05) is 0 Å². The van der Waals surface area contributed by atoms with Crippen molar-refractivity contribution in [1.82, 2.24) is 0 Å². The Morgan fingerprint density at radius 2 is 0.330 bits per heavy atom. The minimum atomic E-state index is 0. The molecule has 0 radical (unpaired) electrons. The van der Waals surface area contributed by atoms with Crippen LogP contribution in [0.1, 0.15) is 227 Å². The third-order valence-corrected chi connectivity index (χ3v) is 16.4. The molecule has 0 aromatic heterocycles. The standard InChI is InChI=1S/6C13H19NS2.Mo/c6*1-3-6-10-8-5-9-12(14-13(15)16)11(10)7-4-2;/h6*5,8-9H,3-4,6-7H2,1-2H3,(H2,14,15,16);/q;;;;;;+6/p-6. The summed E-state index contributed by atoms with van der Waals surface area (Å²) in [6.45, 7) is 26.4. The Morgan fingerprint density at radius 3 is 0.423 bits per heavy atom. The smallest absolute Gasteiger partial charge is 0.411 e. The summed E-state index contributed by atoms with van der Waals surface area (Å²) in [4.78, 5) is 0. The van der Waals surface area contributed by atoms with Crippen LogP contribution in [-0.2, 0) is 174 Å². The van der Waals surface area contributed by atoms with Gasteiger partial charge in [0.15, 0.2) is 0 Å². The molecule has 0 fully saturated rings. The zero-order valence-corrected chi connectivity index (χ0v) is 71.5. The topological polar surface area (TPSA) is 72.2 Å². The van der Waals surface area contributed by atoms with Crippen LogP contribution in [0.25, 0.3) is 0 Å². The Kier molecular flexibility index (Phi) is 55.2. The van der Waals surface area contributed by atoms with Crippen molar-refractivity contribution >= 4 is 209 Å². The summed E-state index contributed by atoms with van der Waals surface area (Å²) in [6, 6.07) is 38.0. The normalized spacial score (nSPS) is 10.0. The number of hydrogen-bond donors (Lipinski definition) is 6. The number of anilines is 6. The molecule has 6 N–H and O–H groups in total. The van der Waals surface area contributed by atoms with Gasteiger partial charge >= 0.3 is 21.1 Å². The van der Waals surface area contributed by atoms with Crippen molar-refractivity contribution in [2.24, 2.45) is 0 Å². The molecule has 0 saturated carbocycles. The van der Waals surface area contributed by atoms with Crippen molar-refractivity contribution in [3.05, 3.63) is 176 Å². The van der Waals surface area contributed by atoms with E-state index in [9.17, 15) is 0 Å². The predicted octanol–water partition coefficient (Wildman–Crippen LogP) is 23.0. The Hall–Kier alpha value is -3.33. The van der Waals surface area contributed by atoms with Gasteiger partial charge in [0.05, 0.1) is 0 Å². The van der Waals surface area contributed by atoms with Gasteiger partial charge in [-0.1, -0.05) is 259 Å². The summed E-state index contributed by atoms with van der Waals surface area (Å²) in [7, 11) is 0. The molecule has 0 amide bonds. The van der Waals surface area contributed by atoms with Gasteiger partial charge in [-0.05, 0) is 180 Å². The molecule has 6 aromatic carbocycles. The fourth-order valence-corrected chi connectivity index (χ4v) is 12.8. The van der Waals surface area contributed by atoms with Gasteiger partial charge in [-0.25, -0.2) is 0 Å². The first-order valence-electron chi connectivity index (χ1n) is 34.6. The molecule has 19 heteroatoms. The van der Waals surface area contributed by atoms with Gasteiger partial charge in [-0.3, -0.25) is 0 Å². The van der Waals surface area contributed by atoms with Crippen LogP contribution >= 0.6 is 73.3 Å². The molecule has 0 saturated heterocycles. The van der Waals surface area contributed by atoms with Gasteiger partial charge in [-0.2, -0.15) is 0 Å². The summed E-state index contributed by atoms with van der Waals surface area (Å²) in [5.74, 6) is 0. The van der Waals surface area contributed by atoms with E-state index in [0.717, 1.165) is 150 Å². The van der Waals surface area contributed by atoms with E-state index in [1.54, 1.807) is 0 Å². The Bertz CT molecular complexity index is 2730. The molecule has 528 valence electrons. The fourth-order valence-electron chi connectivity index (χ4n) is 11.5. The van der Waals surface area contributed by atoms with E-state index in [-0.39, 0.29) is 21.1 Å². The van der Waals surface area contributed by atoms with Crippen LogP contribution in [0, 0.1) is 0 Å². The van der Waals surface area contributed by atoms with E-state index < -0.39 is 0 Å². The van der Waals surface area contributed by atoms with Crippen molar-refractivity contribution < 1.29 is 21.1 Å². The maximum atomic E-state index is 4.93. The molecule has 0 unspecified atom stereocenters. The zero-order chi connectivity index (χ0) is 71.8. The Labute approximate surface area is 668 Å². The molecule has 0 heterocycles. The van der Waals surface area contributed by atoms with Gasteiger partial charge < -0.3 is 181 Å². The van der Waals surface area contributed by atoms with Gasteiger partial charge in [0, 0.05) is 34.1 Å². The molecule has 0 aliphatic heterocycles.